The van der Waals surface area contributed by atoms with E-state index in [4.69, 9.17) is 0 Å². The number of guanidine groups is 1. The van der Waals surface area contributed by atoms with Crippen molar-refractivity contribution in [2.24, 2.45) is 4.99 Å². The van der Waals surface area contributed by atoms with Gasteiger partial charge in [-0.1, -0.05) is 12.1 Å². The fourth-order valence-electron chi connectivity index (χ4n) is 2.43. The monoisotopic (exact) mass is 472 g/mol. The Kier molecular flexibility index (Phi) is 9.89. The van der Waals surface area contributed by atoms with Crippen molar-refractivity contribution in [3.63, 3.8) is 0 Å². The molecule has 0 aliphatic carbocycles. The number of hydrogen-bond acceptors (Lipinski definition) is 3. The van der Waals surface area contributed by atoms with E-state index < -0.39 is 0 Å². The predicted octanol–water partition coefficient (Wildman–Crippen LogP) is 4.04. The van der Waals surface area contributed by atoms with Crippen LogP contribution in [0, 0.1) is 6.92 Å². The van der Waals surface area contributed by atoms with Crippen molar-refractivity contribution in [3.8, 4) is 0 Å². The SMILES string of the molecule is CN=C(NCCCc1ccc(N(C)C)cc1)NCc1sccc1C.I. The van der Waals surface area contributed by atoms with Gasteiger partial charge < -0.3 is 15.5 Å². The van der Waals surface area contributed by atoms with Crippen molar-refractivity contribution in [1.29, 1.82) is 0 Å². The van der Waals surface area contributed by atoms with Crippen LogP contribution in [0.1, 0.15) is 22.4 Å². The van der Waals surface area contributed by atoms with Crippen molar-refractivity contribution in [1.82, 2.24) is 10.6 Å². The molecule has 138 valence electrons. The van der Waals surface area contributed by atoms with Gasteiger partial charge in [-0.15, -0.1) is 35.3 Å². The van der Waals surface area contributed by atoms with Crippen molar-refractivity contribution >= 4 is 47.0 Å². The number of nitrogens with one attached hydrogen (secondary N) is 2. The van der Waals surface area contributed by atoms with Crippen LogP contribution in [0.5, 0.6) is 0 Å². The summed E-state index contributed by atoms with van der Waals surface area (Å²) in [7, 11) is 5.95. The number of nitrogens with zero attached hydrogens (tertiary/aromatic N) is 2. The lowest BCUT2D eigenvalue weighted by atomic mass is 10.1. The maximum absolute atomic E-state index is 4.29. The minimum absolute atomic E-state index is 0. The van der Waals surface area contributed by atoms with E-state index in [1.54, 1.807) is 11.3 Å². The number of anilines is 1. The zero-order chi connectivity index (χ0) is 17.4. The lowest BCUT2D eigenvalue weighted by Gasteiger charge is -2.13. The molecule has 0 atom stereocenters. The van der Waals surface area contributed by atoms with Gasteiger partial charge in [-0.05, 0) is 54.5 Å². The minimum Gasteiger partial charge on any atom is -0.378 e. The summed E-state index contributed by atoms with van der Waals surface area (Å²) < 4.78 is 0. The summed E-state index contributed by atoms with van der Waals surface area (Å²) >= 11 is 1.78. The summed E-state index contributed by atoms with van der Waals surface area (Å²) in [6.07, 6.45) is 2.15. The molecule has 25 heavy (non-hydrogen) atoms. The average molecular weight is 472 g/mol. The highest BCUT2D eigenvalue weighted by atomic mass is 127. The van der Waals surface area contributed by atoms with E-state index in [1.807, 2.05) is 7.05 Å². The molecule has 0 saturated heterocycles. The highest BCUT2D eigenvalue weighted by Crippen LogP contribution is 2.15. The zero-order valence-corrected chi connectivity index (χ0v) is 18.7. The molecule has 4 nitrogen and oxygen atoms in total. The molecule has 0 spiro atoms. The van der Waals surface area contributed by atoms with E-state index in [0.717, 1.165) is 31.9 Å². The van der Waals surface area contributed by atoms with Gasteiger partial charge in [-0.2, -0.15) is 0 Å². The number of halogens is 1. The molecule has 0 amide bonds. The molecule has 1 aromatic heterocycles. The maximum atomic E-state index is 4.29. The smallest absolute Gasteiger partial charge is 0.191 e. The predicted molar refractivity (Wildman–Crippen MR) is 122 cm³/mol. The van der Waals surface area contributed by atoms with Crippen LogP contribution >= 0.6 is 35.3 Å². The number of aliphatic imine (C=N–C) groups is 1. The van der Waals surface area contributed by atoms with E-state index in [0.29, 0.717) is 0 Å². The first kappa shape index (κ1) is 21.8. The molecule has 0 radical (unpaired) electrons. The Bertz CT molecular complexity index is 650. The van der Waals surface area contributed by atoms with Crippen LogP contribution in [0.15, 0.2) is 40.7 Å². The van der Waals surface area contributed by atoms with Crippen LogP contribution < -0.4 is 15.5 Å². The average Bonchev–Trinajstić information content (AvgIpc) is 2.99. The van der Waals surface area contributed by atoms with Crippen LogP contribution in [0.3, 0.4) is 0 Å². The van der Waals surface area contributed by atoms with E-state index >= 15 is 0 Å². The third-order valence-electron chi connectivity index (χ3n) is 4.00. The van der Waals surface area contributed by atoms with Gasteiger partial charge >= 0.3 is 0 Å². The summed E-state index contributed by atoms with van der Waals surface area (Å²) in [5.41, 5.74) is 3.95. The van der Waals surface area contributed by atoms with Gasteiger partial charge in [-0.3, -0.25) is 4.99 Å². The third-order valence-corrected chi connectivity index (χ3v) is 5.02. The quantitative estimate of drug-likeness (QED) is 0.277. The van der Waals surface area contributed by atoms with Gasteiger partial charge in [0.2, 0.25) is 0 Å². The van der Waals surface area contributed by atoms with Gasteiger partial charge in [0.1, 0.15) is 0 Å². The number of benzene rings is 1. The molecule has 1 aromatic carbocycles. The van der Waals surface area contributed by atoms with Gasteiger partial charge in [0.05, 0.1) is 6.54 Å². The summed E-state index contributed by atoms with van der Waals surface area (Å²) in [4.78, 5) is 7.77. The molecule has 0 bridgehead atoms. The fraction of sp³-hybridized carbons (Fsp3) is 0.421. The Morgan fingerprint density at radius 2 is 1.84 bits per heavy atom. The second-order valence-corrected chi connectivity index (χ2v) is 7.04. The molecule has 0 aliphatic rings. The molecule has 1 heterocycles. The molecule has 2 aromatic rings. The Labute approximate surface area is 172 Å². The summed E-state index contributed by atoms with van der Waals surface area (Å²) in [6.45, 7) is 3.89. The molecular formula is C19H29IN4S. The first-order valence-electron chi connectivity index (χ1n) is 8.34. The first-order chi connectivity index (χ1) is 11.6. The van der Waals surface area contributed by atoms with Crippen LogP contribution in [-0.2, 0) is 13.0 Å². The largest absolute Gasteiger partial charge is 0.378 e. The Morgan fingerprint density at radius 1 is 1.12 bits per heavy atom. The number of rotatable bonds is 7. The van der Waals surface area contributed by atoms with Crippen molar-refractivity contribution in [2.45, 2.75) is 26.3 Å². The number of aryl methyl sites for hydroxylation is 2. The first-order valence-corrected chi connectivity index (χ1v) is 9.22. The van der Waals surface area contributed by atoms with Crippen LogP contribution in [0.2, 0.25) is 0 Å². The normalized spacial score (nSPS) is 11.0. The van der Waals surface area contributed by atoms with E-state index in [1.165, 1.54) is 21.7 Å². The van der Waals surface area contributed by atoms with Crippen LogP contribution in [0.4, 0.5) is 5.69 Å². The highest BCUT2D eigenvalue weighted by molar-refractivity contribution is 14.0. The molecule has 0 unspecified atom stereocenters. The lowest BCUT2D eigenvalue weighted by Crippen LogP contribution is -2.37. The summed E-state index contributed by atoms with van der Waals surface area (Å²) in [5, 5.41) is 8.89. The Morgan fingerprint density at radius 3 is 2.40 bits per heavy atom. The summed E-state index contributed by atoms with van der Waals surface area (Å²) in [6, 6.07) is 10.9. The highest BCUT2D eigenvalue weighted by Gasteiger charge is 2.02. The van der Waals surface area contributed by atoms with Gasteiger partial charge in [0.25, 0.3) is 0 Å². The lowest BCUT2D eigenvalue weighted by molar-refractivity contribution is 0.743. The van der Waals surface area contributed by atoms with E-state index in [2.05, 4.69) is 77.3 Å². The van der Waals surface area contributed by atoms with Crippen LogP contribution in [0.25, 0.3) is 0 Å². The van der Waals surface area contributed by atoms with Gasteiger partial charge in [0, 0.05) is 38.3 Å². The Hall–Kier alpha value is -1.28. The van der Waals surface area contributed by atoms with E-state index in [9.17, 15) is 0 Å². The molecular weight excluding hydrogens is 443 g/mol. The van der Waals surface area contributed by atoms with Crippen molar-refractivity contribution in [2.75, 3.05) is 32.6 Å². The minimum atomic E-state index is 0. The standard InChI is InChI=1S/C19H28N4S.HI/c1-15-11-13-24-18(15)14-22-19(20-2)21-12-5-6-16-7-9-17(10-8-16)23(3)4;/h7-11,13H,5-6,12,14H2,1-4H3,(H2,20,21,22);1H. The van der Waals surface area contributed by atoms with Gasteiger partial charge in [-0.25, -0.2) is 0 Å². The zero-order valence-electron chi connectivity index (χ0n) is 15.5. The second-order valence-electron chi connectivity index (χ2n) is 6.04. The third kappa shape index (κ3) is 7.23. The topological polar surface area (TPSA) is 39.7 Å². The maximum Gasteiger partial charge on any atom is 0.191 e. The molecule has 0 fully saturated rings. The molecule has 0 saturated carbocycles. The van der Waals surface area contributed by atoms with Crippen LogP contribution in [-0.4, -0.2) is 33.6 Å². The van der Waals surface area contributed by atoms with Gasteiger partial charge in [0.15, 0.2) is 5.96 Å². The number of hydrogen-bond donors (Lipinski definition) is 2. The molecule has 6 heteroatoms. The summed E-state index contributed by atoms with van der Waals surface area (Å²) in [5.74, 6) is 0.866. The number of thiophene rings is 1. The molecule has 0 aliphatic heterocycles. The molecule has 2 rings (SSSR count). The molecule has 2 N–H and O–H groups in total. The van der Waals surface area contributed by atoms with Crippen molar-refractivity contribution in [3.05, 3.63) is 51.7 Å². The second kappa shape index (κ2) is 11.4. The van der Waals surface area contributed by atoms with Crippen molar-refractivity contribution < 1.29 is 0 Å². The Balaban J connectivity index is 0.00000312. The fourth-order valence-corrected chi connectivity index (χ4v) is 3.28. The van der Waals surface area contributed by atoms with E-state index in [-0.39, 0.29) is 24.0 Å².